The van der Waals surface area contributed by atoms with Gasteiger partial charge >= 0.3 is 0 Å². The molecule has 0 aliphatic carbocycles. The summed E-state index contributed by atoms with van der Waals surface area (Å²) < 4.78 is 4.23. The van der Waals surface area contributed by atoms with Gasteiger partial charge in [-0.1, -0.05) is 36.4 Å². The Balaban J connectivity index is 1.50. The van der Waals surface area contributed by atoms with Gasteiger partial charge in [0.1, 0.15) is 0 Å². The third kappa shape index (κ3) is 4.09. The second-order valence-electron chi connectivity index (χ2n) is 7.43. The SMILES string of the molecule is CCn1cc(CC(C)NC(=O)c2ccccc2Cn2ccnc2)c2ccccc21. The number of hydrogen-bond donors (Lipinski definition) is 1. The van der Waals surface area contributed by atoms with E-state index in [1.165, 1.54) is 16.5 Å². The molecule has 0 saturated carbocycles. The minimum absolute atomic E-state index is 0.0277. The molecule has 1 N–H and O–H groups in total. The lowest BCUT2D eigenvalue weighted by atomic mass is 10.0. The Hall–Kier alpha value is -3.34. The molecule has 148 valence electrons. The summed E-state index contributed by atoms with van der Waals surface area (Å²) in [6.45, 7) is 5.78. The number of nitrogens with one attached hydrogen (secondary N) is 1. The Morgan fingerprint density at radius 2 is 1.90 bits per heavy atom. The third-order valence-electron chi connectivity index (χ3n) is 5.29. The van der Waals surface area contributed by atoms with Gasteiger partial charge in [0.05, 0.1) is 6.33 Å². The summed E-state index contributed by atoms with van der Waals surface area (Å²) in [6.07, 6.45) is 8.42. The Labute approximate surface area is 171 Å². The van der Waals surface area contributed by atoms with Gasteiger partial charge in [0.15, 0.2) is 0 Å². The van der Waals surface area contributed by atoms with Crippen LogP contribution in [-0.4, -0.2) is 26.1 Å². The molecule has 4 rings (SSSR count). The minimum Gasteiger partial charge on any atom is -0.349 e. The molecule has 4 aromatic rings. The highest BCUT2D eigenvalue weighted by Gasteiger charge is 2.16. The standard InChI is InChI=1S/C24H26N4O/c1-3-28-16-20(21-9-6-7-11-23(21)28)14-18(2)26-24(29)22-10-5-4-8-19(22)15-27-13-12-25-17-27/h4-13,16-18H,3,14-15H2,1-2H3,(H,26,29). The van der Waals surface area contributed by atoms with Gasteiger partial charge in [-0.15, -0.1) is 0 Å². The summed E-state index contributed by atoms with van der Waals surface area (Å²) in [7, 11) is 0. The molecule has 0 aliphatic heterocycles. The number of para-hydroxylation sites is 1. The number of imidazole rings is 1. The quantitative estimate of drug-likeness (QED) is 0.516. The molecule has 2 heterocycles. The molecule has 29 heavy (non-hydrogen) atoms. The molecule has 1 unspecified atom stereocenters. The summed E-state index contributed by atoms with van der Waals surface area (Å²) in [4.78, 5) is 17.1. The van der Waals surface area contributed by atoms with E-state index in [0.29, 0.717) is 12.1 Å². The largest absolute Gasteiger partial charge is 0.349 e. The van der Waals surface area contributed by atoms with Crippen LogP contribution in [0, 0.1) is 0 Å². The van der Waals surface area contributed by atoms with Gasteiger partial charge in [-0.25, -0.2) is 4.98 Å². The first kappa shape index (κ1) is 19.0. The number of rotatable bonds is 7. The van der Waals surface area contributed by atoms with Gasteiger partial charge < -0.3 is 14.5 Å². The fourth-order valence-corrected chi connectivity index (χ4v) is 3.89. The Kier molecular flexibility index (Phi) is 5.47. The summed E-state index contributed by atoms with van der Waals surface area (Å²) in [6, 6.07) is 16.2. The van der Waals surface area contributed by atoms with E-state index in [0.717, 1.165) is 18.5 Å². The summed E-state index contributed by atoms with van der Waals surface area (Å²) in [5, 5.41) is 4.44. The second kappa shape index (κ2) is 8.35. The van der Waals surface area contributed by atoms with E-state index < -0.39 is 0 Å². The first-order chi connectivity index (χ1) is 14.2. The Bertz CT molecular complexity index is 1110. The van der Waals surface area contributed by atoms with Crippen LogP contribution in [0.25, 0.3) is 10.9 Å². The molecular weight excluding hydrogens is 360 g/mol. The lowest BCUT2D eigenvalue weighted by Gasteiger charge is -2.16. The zero-order chi connectivity index (χ0) is 20.2. The smallest absolute Gasteiger partial charge is 0.251 e. The van der Waals surface area contributed by atoms with Crippen molar-refractivity contribution in [3.8, 4) is 0 Å². The molecule has 0 saturated heterocycles. The number of aromatic nitrogens is 3. The predicted molar refractivity (Wildman–Crippen MR) is 116 cm³/mol. The summed E-state index contributed by atoms with van der Waals surface area (Å²) in [5.74, 6) is -0.0348. The van der Waals surface area contributed by atoms with Crippen molar-refractivity contribution >= 4 is 16.8 Å². The highest BCUT2D eigenvalue weighted by Crippen LogP contribution is 2.22. The van der Waals surface area contributed by atoms with Crippen molar-refractivity contribution in [1.82, 2.24) is 19.4 Å². The van der Waals surface area contributed by atoms with Crippen LogP contribution in [-0.2, 0) is 19.5 Å². The maximum atomic E-state index is 13.0. The number of aryl methyl sites for hydroxylation is 1. The van der Waals surface area contributed by atoms with Crippen LogP contribution in [0.15, 0.2) is 73.4 Å². The lowest BCUT2D eigenvalue weighted by molar-refractivity contribution is 0.0939. The van der Waals surface area contributed by atoms with Crippen molar-refractivity contribution in [2.24, 2.45) is 0 Å². The molecular formula is C24H26N4O. The molecule has 5 heteroatoms. The number of fused-ring (bicyclic) bond motifs is 1. The molecule has 0 fully saturated rings. The van der Waals surface area contributed by atoms with E-state index in [4.69, 9.17) is 0 Å². The number of hydrogen-bond acceptors (Lipinski definition) is 2. The third-order valence-corrected chi connectivity index (χ3v) is 5.29. The fourth-order valence-electron chi connectivity index (χ4n) is 3.89. The van der Waals surface area contributed by atoms with Crippen LogP contribution in [0.4, 0.5) is 0 Å². The molecule has 0 radical (unpaired) electrons. The molecule has 1 atom stereocenters. The van der Waals surface area contributed by atoms with Crippen molar-refractivity contribution in [3.05, 3.63) is 90.1 Å². The molecule has 1 amide bonds. The first-order valence-electron chi connectivity index (χ1n) is 10.1. The van der Waals surface area contributed by atoms with Crippen molar-refractivity contribution in [3.63, 3.8) is 0 Å². The summed E-state index contributed by atoms with van der Waals surface area (Å²) in [5.41, 5.74) is 4.21. The van der Waals surface area contributed by atoms with E-state index in [1.807, 2.05) is 35.0 Å². The van der Waals surface area contributed by atoms with Crippen LogP contribution in [0.5, 0.6) is 0 Å². The van der Waals surface area contributed by atoms with Gasteiger partial charge in [-0.3, -0.25) is 4.79 Å². The van der Waals surface area contributed by atoms with Crippen LogP contribution < -0.4 is 5.32 Å². The van der Waals surface area contributed by atoms with E-state index in [9.17, 15) is 4.79 Å². The summed E-state index contributed by atoms with van der Waals surface area (Å²) >= 11 is 0. The van der Waals surface area contributed by atoms with Crippen LogP contribution in [0.1, 0.15) is 35.3 Å². The molecule has 2 aromatic carbocycles. The van der Waals surface area contributed by atoms with E-state index in [-0.39, 0.29) is 11.9 Å². The molecule has 0 spiro atoms. The lowest BCUT2D eigenvalue weighted by Crippen LogP contribution is -2.34. The fraction of sp³-hybridized carbons (Fsp3) is 0.250. The van der Waals surface area contributed by atoms with E-state index in [1.54, 1.807) is 12.5 Å². The Morgan fingerprint density at radius 3 is 2.69 bits per heavy atom. The average molecular weight is 386 g/mol. The number of nitrogens with zero attached hydrogens (tertiary/aromatic N) is 3. The molecule has 0 aliphatic rings. The van der Waals surface area contributed by atoms with Gasteiger partial charge in [0.25, 0.3) is 5.91 Å². The van der Waals surface area contributed by atoms with E-state index in [2.05, 4.69) is 59.2 Å². The van der Waals surface area contributed by atoms with Gasteiger partial charge in [0.2, 0.25) is 0 Å². The zero-order valence-corrected chi connectivity index (χ0v) is 16.9. The van der Waals surface area contributed by atoms with E-state index >= 15 is 0 Å². The number of amides is 1. The normalized spacial score (nSPS) is 12.2. The molecule has 2 aromatic heterocycles. The van der Waals surface area contributed by atoms with Crippen molar-refractivity contribution in [1.29, 1.82) is 0 Å². The highest BCUT2D eigenvalue weighted by molar-refractivity contribution is 5.96. The topological polar surface area (TPSA) is 51.9 Å². The van der Waals surface area contributed by atoms with Crippen molar-refractivity contribution in [2.45, 2.75) is 39.4 Å². The predicted octanol–water partition coefficient (Wildman–Crippen LogP) is 4.27. The Morgan fingerprint density at radius 1 is 1.10 bits per heavy atom. The highest BCUT2D eigenvalue weighted by atomic mass is 16.1. The van der Waals surface area contributed by atoms with Crippen LogP contribution in [0.2, 0.25) is 0 Å². The van der Waals surface area contributed by atoms with Crippen molar-refractivity contribution in [2.75, 3.05) is 0 Å². The maximum Gasteiger partial charge on any atom is 0.251 e. The number of benzene rings is 2. The van der Waals surface area contributed by atoms with Crippen LogP contribution >= 0.6 is 0 Å². The number of carbonyl (C=O) groups is 1. The average Bonchev–Trinajstić information content (AvgIpc) is 3.36. The number of carbonyl (C=O) groups excluding carboxylic acids is 1. The van der Waals surface area contributed by atoms with Crippen LogP contribution in [0.3, 0.4) is 0 Å². The van der Waals surface area contributed by atoms with Gasteiger partial charge in [-0.2, -0.15) is 0 Å². The van der Waals surface area contributed by atoms with Gasteiger partial charge in [-0.05, 0) is 43.5 Å². The second-order valence-corrected chi connectivity index (χ2v) is 7.43. The first-order valence-corrected chi connectivity index (χ1v) is 10.1. The molecule has 5 nitrogen and oxygen atoms in total. The minimum atomic E-state index is -0.0348. The van der Waals surface area contributed by atoms with Crippen molar-refractivity contribution < 1.29 is 4.79 Å². The zero-order valence-electron chi connectivity index (χ0n) is 16.9. The van der Waals surface area contributed by atoms with Gasteiger partial charge in [0, 0.05) is 54.2 Å². The maximum absolute atomic E-state index is 13.0. The molecule has 0 bridgehead atoms. The monoisotopic (exact) mass is 386 g/mol.